The molecule has 3 nitrogen and oxygen atoms in total. The van der Waals surface area contributed by atoms with Crippen molar-refractivity contribution in [3.05, 3.63) is 30.1 Å². The molecule has 0 bridgehead atoms. The Hall–Kier alpha value is -0.450. The first-order chi connectivity index (χ1) is 7.22. The second-order valence-electron chi connectivity index (χ2n) is 3.64. The van der Waals surface area contributed by atoms with Crippen LogP contribution in [0.3, 0.4) is 0 Å². The quantitative estimate of drug-likeness (QED) is 0.794. The highest BCUT2D eigenvalue weighted by molar-refractivity contribution is 9.09. The third-order valence-corrected chi connectivity index (χ3v) is 2.92. The monoisotopic (exact) mass is 272 g/mol. The van der Waals surface area contributed by atoms with Crippen LogP contribution in [-0.2, 0) is 6.42 Å². The van der Waals surface area contributed by atoms with E-state index in [1.54, 1.807) is 0 Å². The van der Waals surface area contributed by atoms with E-state index in [4.69, 9.17) is 0 Å². The lowest BCUT2D eigenvalue weighted by Crippen LogP contribution is -2.31. The molecule has 1 N–H and O–H groups in total. The molecule has 0 aliphatic heterocycles. The number of hydrogen-bond donors (Lipinski definition) is 1. The summed E-state index contributed by atoms with van der Waals surface area (Å²) in [5, 5.41) is 10.0. The Morgan fingerprint density at radius 3 is 2.93 bits per heavy atom. The zero-order valence-electron chi connectivity index (χ0n) is 8.93. The lowest BCUT2D eigenvalue weighted by molar-refractivity contribution is 0.147. The summed E-state index contributed by atoms with van der Waals surface area (Å²) < 4.78 is 0. The van der Waals surface area contributed by atoms with E-state index in [1.165, 1.54) is 0 Å². The van der Waals surface area contributed by atoms with Crippen molar-refractivity contribution in [2.45, 2.75) is 12.5 Å². The van der Waals surface area contributed by atoms with Crippen LogP contribution in [0.5, 0.6) is 0 Å². The number of likely N-dealkylation sites (N-methyl/N-ethyl adjacent to an activating group) is 1. The molecular weight excluding hydrogens is 256 g/mol. The fourth-order valence-electron chi connectivity index (χ4n) is 1.35. The molecule has 1 unspecified atom stereocenters. The Balaban J connectivity index is 2.25. The third-order valence-electron chi connectivity index (χ3n) is 2.18. The minimum atomic E-state index is -0.293. The van der Waals surface area contributed by atoms with Gasteiger partial charge < -0.3 is 10.0 Å². The van der Waals surface area contributed by atoms with Gasteiger partial charge in [-0.25, -0.2) is 0 Å². The van der Waals surface area contributed by atoms with Crippen LogP contribution in [0.15, 0.2) is 24.4 Å². The Labute approximate surface area is 99.3 Å². The minimum absolute atomic E-state index is 0.293. The average molecular weight is 273 g/mol. The number of aliphatic hydroxyl groups excluding tert-OH is 1. The Bertz CT molecular complexity index is 269. The summed E-state index contributed by atoms with van der Waals surface area (Å²) in [5.41, 5.74) is 1.10. The molecule has 15 heavy (non-hydrogen) atoms. The maximum absolute atomic E-state index is 9.42. The van der Waals surface area contributed by atoms with Crippen molar-refractivity contribution in [2.75, 3.05) is 25.5 Å². The Morgan fingerprint density at radius 1 is 1.53 bits per heavy atom. The van der Waals surface area contributed by atoms with Crippen LogP contribution in [0.4, 0.5) is 0 Å². The molecule has 0 aliphatic carbocycles. The number of aromatic nitrogens is 1. The first-order valence-corrected chi connectivity index (χ1v) is 6.17. The summed E-state index contributed by atoms with van der Waals surface area (Å²) in [6.45, 7) is 1.61. The van der Waals surface area contributed by atoms with E-state index in [1.807, 2.05) is 31.4 Å². The largest absolute Gasteiger partial charge is 0.391 e. The van der Waals surface area contributed by atoms with Crippen molar-refractivity contribution >= 4 is 15.9 Å². The summed E-state index contributed by atoms with van der Waals surface area (Å²) >= 11 is 3.25. The van der Waals surface area contributed by atoms with E-state index in [0.29, 0.717) is 11.9 Å². The van der Waals surface area contributed by atoms with Crippen LogP contribution in [0.2, 0.25) is 0 Å². The van der Waals surface area contributed by atoms with Crippen molar-refractivity contribution in [1.29, 1.82) is 0 Å². The number of rotatable bonds is 6. The maximum atomic E-state index is 9.42. The molecule has 0 amide bonds. The Kier molecular flexibility index (Phi) is 5.83. The molecule has 0 saturated heterocycles. The predicted molar refractivity (Wildman–Crippen MR) is 65.2 cm³/mol. The van der Waals surface area contributed by atoms with E-state index >= 15 is 0 Å². The van der Waals surface area contributed by atoms with Crippen LogP contribution in [0.25, 0.3) is 0 Å². The van der Waals surface area contributed by atoms with Gasteiger partial charge in [-0.3, -0.25) is 4.98 Å². The van der Waals surface area contributed by atoms with Crippen molar-refractivity contribution in [3.8, 4) is 0 Å². The van der Waals surface area contributed by atoms with E-state index < -0.39 is 0 Å². The second kappa shape index (κ2) is 6.93. The fraction of sp³-hybridized carbons (Fsp3) is 0.545. The number of nitrogens with zero attached hydrogens (tertiary/aromatic N) is 2. The van der Waals surface area contributed by atoms with E-state index in [9.17, 15) is 5.11 Å². The summed E-state index contributed by atoms with van der Waals surface area (Å²) in [6.07, 6.45) is 2.44. The van der Waals surface area contributed by atoms with Crippen molar-refractivity contribution in [2.24, 2.45) is 0 Å². The van der Waals surface area contributed by atoms with Gasteiger partial charge in [-0.15, -0.1) is 0 Å². The highest BCUT2D eigenvalue weighted by atomic mass is 79.9. The standard InChI is InChI=1S/C11H17BrN2O/c1-14(9-11(15)8-12)7-5-10-4-2-3-6-13-10/h2-4,6,11,15H,5,7-9H2,1H3. The van der Waals surface area contributed by atoms with Gasteiger partial charge in [-0.05, 0) is 19.2 Å². The van der Waals surface area contributed by atoms with Crippen LogP contribution < -0.4 is 0 Å². The summed E-state index contributed by atoms with van der Waals surface area (Å²) in [5.74, 6) is 0. The van der Waals surface area contributed by atoms with Crippen molar-refractivity contribution in [3.63, 3.8) is 0 Å². The molecule has 1 heterocycles. The number of hydrogen-bond acceptors (Lipinski definition) is 3. The number of pyridine rings is 1. The maximum Gasteiger partial charge on any atom is 0.0763 e. The topological polar surface area (TPSA) is 36.4 Å². The summed E-state index contributed by atoms with van der Waals surface area (Å²) in [4.78, 5) is 6.36. The molecule has 1 atom stereocenters. The second-order valence-corrected chi connectivity index (χ2v) is 4.29. The lowest BCUT2D eigenvalue weighted by atomic mass is 10.2. The zero-order chi connectivity index (χ0) is 11.1. The van der Waals surface area contributed by atoms with E-state index in [0.717, 1.165) is 18.7 Å². The SMILES string of the molecule is CN(CCc1ccccn1)CC(O)CBr. The van der Waals surface area contributed by atoms with Crippen LogP contribution in [0.1, 0.15) is 5.69 Å². The molecule has 84 valence electrons. The van der Waals surface area contributed by atoms with Gasteiger partial charge in [0.15, 0.2) is 0 Å². The van der Waals surface area contributed by atoms with Crippen molar-refractivity contribution < 1.29 is 5.11 Å². The van der Waals surface area contributed by atoms with Gasteiger partial charge in [0, 0.05) is 36.7 Å². The Morgan fingerprint density at radius 2 is 2.33 bits per heavy atom. The van der Waals surface area contributed by atoms with Gasteiger partial charge in [-0.1, -0.05) is 22.0 Å². The van der Waals surface area contributed by atoms with Gasteiger partial charge in [0.05, 0.1) is 6.10 Å². The minimum Gasteiger partial charge on any atom is -0.391 e. The first kappa shape index (κ1) is 12.6. The number of aliphatic hydroxyl groups is 1. The van der Waals surface area contributed by atoms with Crippen molar-refractivity contribution in [1.82, 2.24) is 9.88 Å². The summed E-state index contributed by atoms with van der Waals surface area (Å²) in [6, 6.07) is 5.94. The van der Waals surface area contributed by atoms with Crippen LogP contribution in [0, 0.1) is 0 Å². The molecule has 4 heteroatoms. The van der Waals surface area contributed by atoms with Gasteiger partial charge in [-0.2, -0.15) is 0 Å². The predicted octanol–water partition coefficient (Wildman–Crippen LogP) is 1.31. The third kappa shape index (κ3) is 5.25. The smallest absolute Gasteiger partial charge is 0.0763 e. The highest BCUT2D eigenvalue weighted by Gasteiger charge is 2.06. The normalized spacial score (nSPS) is 13.1. The molecule has 0 fully saturated rings. The van der Waals surface area contributed by atoms with Gasteiger partial charge >= 0.3 is 0 Å². The first-order valence-electron chi connectivity index (χ1n) is 5.05. The molecular formula is C11H17BrN2O. The van der Waals surface area contributed by atoms with Gasteiger partial charge in [0.2, 0.25) is 0 Å². The molecule has 1 rings (SSSR count). The van der Waals surface area contributed by atoms with Gasteiger partial charge in [0.1, 0.15) is 0 Å². The van der Waals surface area contributed by atoms with E-state index in [2.05, 4.69) is 25.8 Å². The van der Waals surface area contributed by atoms with Crippen LogP contribution >= 0.6 is 15.9 Å². The lowest BCUT2D eigenvalue weighted by Gasteiger charge is -2.18. The molecule has 1 aromatic heterocycles. The molecule has 0 aliphatic rings. The summed E-state index contributed by atoms with van der Waals surface area (Å²) in [7, 11) is 2.01. The fourth-order valence-corrected chi connectivity index (χ4v) is 1.56. The molecule has 1 aromatic rings. The molecule has 0 saturated carbocycles. The highest BCUT2D eigenvalue weighted by Crippen LogP contribution is 1.98. The van der Waals surface area contributed by atoms with Gasteiger partial charge in [0.25, 0.3) is 0 Å². The average Bonchev–Trinajstić information content (AvgIpc) is 2.27. The number of alkyl halides is 1. The molecule has 0 aromatic carbocycles. The van der Waals surface area contributed by atoms with E-state index in [-0.39, 0.29) is 6.10 Å². The van der Waals surface area contributed by atoms with Crippen LogP contribution in [-0.4, -0.2) is 46.6 Å². The number of halogens is 1. The molecule has 0 radical (unpaired) electrons. The molecule has 0 spiro atoms. The zero-order valence-corrected chi connectivity index (χ0v) is 10.5.